The van der Waals surface area contributed by atoms with E-state index in [1.165, 1.54) is 16.1 Å². The molecular weight excluding hydrogens is 271 g/mol. The first-order chi connectivity index (χ1) is 8.16. The van der Waals surface area contributed by atoms with E-state index < -0.39 is 28.0 Å². The van der Waals surface area contributed by atoms with Gasteiger partial charge in [0.05, 0.1) is 11.8 Å². The molecule has 9 heteroatoms. The second-order valence-corrected chi connectivity index (χ2v) is 6.73. The van der Waals surface area contributed by atoms with Crippen LogP contribution in [0.3, 0.4) is 0 Å². The zero-order chi connectivity index (χ0) is 14.0. The molecular formula is C9H18F3N3O2S. The maximum Gasteiger partial charge on any atom is 0.401 e. The van der Waals surface area contributed by atoms with Gasteiger partial charge >= 0.3 is 6.18 Å². The summed E-state index contributed by atoms with van der Waals surface area (Å²) in [6.45, 7) is 0.868. The van der Waals surface area contributed by atoms with Gasteiger partial charge in [0.15, 0.2) is 0 Å². The Bertz CT molecular complexity index is 364. The van der Waals surface area contributed by atoms with Gasteiger partial charge in [0.25, 0.3) is 0 Å². The molecule has 1 aliphatic rings. The number of nitrogens with zero attached hydrogens (tertiary/aromatic N) is 2. The Kier molecular flexibility index (Phi) is 4.98. The van der Waals surface area contributed by atoms with E-state index >= 15 is 0 Å². The highest BCUT2D eigenvalue weighted by atomic mass is 32.2. The summed E-state index contributed by atoms with van der Waals surface area (Å²) in [6, 6.07) is 0. The van der Waals surface area contributed by atoms with Gasteiger partial charge in [-0.3, -0.25) is 4.90 Å². The van der Waals surface area contributed by atoms with Crippen molar-refractivity contribution in [2.24, 2.45) is 5.73 Å². The summed E-state index contributed by atoms with van der Waals surface area (Å²) in [5, 5.41) is -0.702. The Balaban J connectivity index is 2.54. The van der Waals surface area contributed by atoms with Crippen molar-refractivity contribution in [3.05, 3.63) is 0 Å². The van der Waals surface area contributed by atoms with Crippen molar-refractivity contribution in [2.45, 2.75) is 18.3 Å². The van der Waals surface area contributed by atoms with Crippen molar-refractivity contribution >= 4 is 10.0 Å². The normalized spacial score (nSPS) is 22.1. The van der Waals surface area contributed by atoms with E-state index in [0.29, 0.717) is 0 Å². The minimum Gasteiger partial charge on any atom is -0.329 e. The molecule has 0 aromatic carbocycles. The molecule has 1 atom stereocenters. The molecule has 1 heterocycles. The number of nitrogens with two attached hydrogens (primary N) is 1. The lowest BCUT2D eigenvalue weighted by Crippen LogP contribution is -2.53. The van der Waals surface area contributed by atoms with Crippen LogP contribution in [0.5, 0.6) is 0 Å². The molecule has 0 bridgehead atoms. The molecule has 1 rings (SSSR count). The first-order valence-corrected chi connectivity index (χ1v) is 7.15. The largest absolute Gasteiger partial charge is 0.401 e. The van der Waals surface area contributed by atoms with Crippen molar-refractivity contribution < 1.29 is 21.6 Å². The van der Waals surface area contributed by atoms with Crippen LogP contribution in [0.2, 0.25) is 0 Å². The smallest absolute Gasteiger partial charge is 0.329 e. The van der Waals surface area contributed by atoms with Crippen molar-refractivity contribution in [1.82, 2.24) is 9.21 Å². The van der Waals surface area contributed by atoms with E-state index in [1.54, 1.807) is 0 Å². The average Bonchev–Trinajstić information content (AvgIpc) is 2.26. The number of rotatable bonds is 4. The molecule has 18 heavy (non-hydrogen) atoms. The predicted octanol–water partition coefficient (Wildman–Crippen LogP) is -0.157. The Morgan fingerprint density at radius 3 is 2.11 bits per heavy atom. The summed E-state index contributed by atoms with van der Waals surface area (Å²) in [4.78, 5) is 1.21. The van der Waals surface area contributed by atoms with E-state index in [9.17, 15) is 21.6 Å². The lowest BCUT2D eigenvalue weighted by molar-refractivity contribution is -0.148. The number of piperazine rings is 1. The molecule has 0 amide bonds. The number of halogens is 3. The fourth-order valence-corrected chi connectivity index (χ4v) is 3.20. The standard InChI is InChI=1S/C9H18F3N3O2S/c1-8(6-13)18(16,17)15-4-2-14(3-5-15)7-9(10,11)12/h8H,2-7,13H2,1H3. The second kappa shape index (κ2) is 5.72. The number of alkyl halides is 3. The van der Waals surface area contributed by atoms with Crippen LogP contribution in [0.25, 0.3) is 0 Å². The van der Waals surface area contributed by atoms with Crippen LogP contribution in [0.1, 0.15) is 6.92 Å². The van der Waals surface area contributed by atoms with Crippen LogP contribution in [0.4, 0.5) is 13.2 Å². The quantitative estimate of drug-likeness (QED) is 0.781. The molecule has 1 saturated heterocycles. The van der Waals surface area contributed by atoms with E-state index in [2.05, 4.69) is 0 Å². The average molecular weight is 289 g/mol. The first kappa shape index (κ1) is 15.7. The number of sulfonamides is 1. The molecule has 0 saturated carbocycles. The topological polar surface area (TPSA) is 66.6 Å². The minimum absolute atomic E-state index is 0.00506. The molecule has 0 aliphatic carbocycles. The van der Waals surface area contributed by atoms with E-state index in [4.69, 9.17) is 5.73 Å². The molecule has 0 spiro atoms. The molecule has 1 aliphatic heterocycles. The van der Waals surface area contributed by atoms with Gasteiger partial charge in [0, 0.05) is 32.7 Å². The second-order valence-electron chi connectivity index (χ2n) is 4.38. The Labute approximate surface area is 105 Å². The summed E-state index contributed by atoms with van der Waals surface area (Å²) in [5.41, 5.74) is 5.31. The number of hydrogen-bond acceptors (Lipinski definition) is 4. The maximum absolute atomic E-state index is 12.2. The number of hydrogen-bond donors (Lipinski definition) is 1. The Morgan fingerprint density at radius 1 is 1.22 bits per heavy atom. The highest BCUT2D eigenvalue weighted by Gasteiger charge is 2.35. The third-order valence-corrected chi connectivity index (χ3v) is 5.23. The maximum atomic E-state index is 12.2. The van der Waals surface area contributed by atoms with Gasteiger partial charge in [0.2, 0.25) is 10.0 Å². The molecule has 0 radical (unpaired) electrons. The van der Waals surface area contributed by atoms with Gasteiger partial charge in [-0.15, -0.1) is 0 Å². The molecule has 0 aromatic rings. The predicted molar refractivity (Wildman–Crippen MR) is 61.5 cm³/mol. The Morgan fingerprint density at radius 2 is 1.72 bits per heavy atom. The van der Waals surface area contributed by atoms with Gasteiger partial charge in [0.1, 0.15) is 0 Å². The van der Waals surface area contributed by atoms with Crippen LogP contribution in [-0.2, 0) is 10.0 Å². The lowest BCUT2D eigenvalue weighted by Gasteiger charge is -2.35. The van der Waals surface area contributed by atoms with Crippen LogP contribution >= 0.6 is 0 Å². The summed E-state index contributed by atoms with van der Waals surface area (Å²) >= 11 is 0. The van der Waals surface area contributed by atoms with Gasteiger partial charge < -0.3 is 5.73 Å². The zero-order valence-corrected chi connectivity index (χ0v) is 11.0. The van der Waals surface area contributed by atoms with Crippen LogP contribution in [-0.4, -0.2) is 68.3 Å². The van der Waals surface area contributed by atoms with Gasteiger partial charge in [-0.2, -0.15) is 17.5 Å². The fourth-order valence-electron chi connectivity index (χ4n) is 1.77. The highest BCUT2D eigenvalue weighted by Crippen LogP contribution is 2.19. The Hall–Kier alpha value is -0.380. The molecule has 1 fully saturated rings. The summed E-state index contributed by atoms with van der Waals surface area (Å²) in [5.74, 6) is 0. The highest BCUT2D eigenvalue weighted by molar-refractivity contribution is 7.89. The van der Waals surface area contributed by atoms with Gasteiger partial charge in [-0.1, -0.05) is 0 Å². The lowest BCUT2D eigenvalue weighted by atomic mass is 10.3. The van der Waals surface area contributed by atoms with Crippen molar-refractivity contribution in [3.63, 3.8) is 0 Å². The van der Waals surface area contributed by atoms with E-state index in [-0.39, 0.29) is 32.7 Å². The van der Waals surface area contributed by atoms with Crippen LogP contribution < -0.4 is 5.73 Å². The molecule has 0 aromatic heterocycles. The van der Waals surface area contributed by atoms with Gasteiger partial charge in [-0.25, -0.2) is 8.42 Å². The minimum atomic E-state index is -4.24. The van der Waals surface area contributed by atoms with E-state index in [1.807, 2.05) is 0 Å². The summed E-state index contributed by atoms with van der Waals surface area (Å²) < 4.78 is 61.5. The molecule has 2 N–H and O–H groups in total. The first-order valence-electron chi connectivity index (χ1n) is 5.65. The third kappa shape index (κ3) is 4.08. The van der Waals surface area contributed by atoms with Gasteiger partial charge in [-0.05, 0) is 6.92 Å². The summed E-state index contributed by atoms with van der Waals surface area (Å²) in [6.07, 6.45) is -4.24. The van der Waals surface area contributed by atoms with Crippen molar-refractivity contribution in [2.75, 3.05) is 39.3 Å². The van der Waals surface area contributed by atoms with Crippen molar-refractivity contribution in [1.29, 1.82) is 0 Å². The molecule has 5 nitrogen and oxygen atoms in total. The third-order valence-electron chi connectivity index (χ3n) is 2.93. The molecule has 108 valence electrons. The van der Waals surface area contributed by atoms with Crippen LogP contribution in [0, 0.1) is 0 Å². The molecule has 1 unspecified atom stereocenters. The van der Waals surface area contributed by atoms with Crippen molar-refractivity contribution in [3.8, 4) is 0 Å². The van der Waals surface area contributed by atoms with E-state index in [0.717, 1.165) is 0 Å². The monoisotopic (exact) mass is 289 g/mol. The zero-order valence-electron chi connectivity index (χ0n) is 10.2. The summed E-state index contributed by atoms with van der Waals surface area (Å²) in [7, 11) is -3.48. The fraction of sp³-hybridized carbons (Fsp3) is 1.00. The SMILES string of the molecule is CC(CN)S(=O)(=O)N1CCN(CC(F)(F)F)CC1. The van der Waals surface area contributed by atoms with Crippen LogP contribution in [0.15, 0.2) is 0 Å².